The molecule has 0 N–H and O–H groups in total. The molecule has 0 unspecified atom stereocenters. The first-order valence-electron chi connectivity index (χ1n) is 4.07. The molecule has 0 radical (unpaired) electrons. The van der Waals surface area contributed by atoms with Crippen LogP contribution in [-0.2, 0) is 20.0 Å². The van der Waals surface area contributed by atoms with Crippen LogP contribution in [0.4, 0.5) is 0 Å². The van der Waals surface area contributed by atoms with E-state index in [-0.39, 0.29) is 0 Å². The Morgan fingerprint density at radius 3 is 2.92 bits per heavy atom. The van der Waals surface area contributed by atoms with Gasteiger partial charge in [-0.3, -0.25) is 4.68 Å². The van der Waals surface area contributed by atoms with E-state index in [0.717, 1.165) is 24.1 Å². The maximum absolute atomic E-state index is 4.33. The Balaban J connectivity index is 2.45. The second-order valence-electron chi connectivity index (χ2n) is 3.33. The van der Waals surface area contributed by atoms with E-state index in [9.17, 15) is 0 Å². The van der Waals surface area contributed by atoms with E-state index in [4.69, 9.17) is 0 Å². The molecule has 4 heteroatoms. The topological polar surface area (TPSA) is 21.1 Å². The SMILES string of the molecule is CN1CCc2c(Br)nn(C)c2C1. The highest BCUT2D eigenvalue weighted by molar-refractivity contribution is 9.10. The highest BCUT2D eigenvalue weighted by atomic mass is 79.9. The molecular formula is C8H12BrN3. The van der Waals surface area contributed by atoms with Gasteiger partial charge in [0.2, 0.25) is 0 Å². The van der Waals surface area contributed by atoms with Crippen molar-refractivity contribution in [2.75, 3.05) is 13.6 Å². The van der Waals surface area contributed by atoms with Crippen LogP contribution in [0.3, 0.4) is 0 Å². The summed E-state index contributed by atoms with van der Waals surface area (Å²) >= 11 is 3.47. The largest absolute Gasteiger partial charge is 0.300 e. The van der Waals surface area contributed by atoms with Crippen LogP contribution >= 0.6 is 15.9 Å². The van der Waals surface area contributed by atoms with Gasteiger partial charge in [0, 0.05) is 25.7 Å². The monoisotopic (exact) mass is 229 g/mol. The van der Waals surface area contributed by atoms with Crippen molar-refractivity contribution in [1.82, 2.24) is 14.7 Å². The Morgan fingerprint density at radius 2 is 2.17 bits per heavy atom. The van der Waals surface area contributed by atoms with E-state index >= 15 is 0 Å². The van der Waals surface area contributed by atoms with Gasteiger partial charge < -0.3 is 4.90 Å². The maximum Gasteiger partial charge on any atom is 0.131 e. The smallest absolute Gasteiger partial charge is 0.131 e. The predicted molar refractivity (Wildman–Crippen MR) is 50.9 cm³/mol. The van der Waals surface area contributed by atoms with Crippen LogP contribution in [0.25, 0.3) is 0 Å². The Labute approximate surface area is 80.5 Å². The van der Waals surface area contributed by atoms with Gasteiger partial charge in [0.05, 0.1) is 5.69 Å². The summed E-state index contributed by atoms with van der Waals surface area (Å²) in [6, 6.07) is 0. The average molecular weight is 230 g/mol. The third-order valence-corrected chi connectivity index (χ3v) is 3.03. The van der Waals surface area contributed by atoms with Gasteiger partial charge in [-0.1, -0.05) is 0 Å². The van der Waals surface area contributed by atoms with Crippen molar-refractivity contribution < 1.29 is 0 Å². The lowest BCUT2D eigenvalue weighted by Gasteiger charge is -2.22. The second kappa shape index (κ2) is 2.85. The van der Waals surface area contributed by atoms with Crippen molar-refractivity contribution in [2.45, 2.75) is 13.0 Å². The molecule has 66 valence electrons. The minimum Gasteiger partial charge on any atom is -0.300 e. The predicted octanol–water partition coefficient (Wildman–Crippen LogP) is 1.17. The highest BCUT2D eigenvalue weighted by Crippen LogP contribution is 2.24. The average Bonchev–Trinajstić information content (AvgIpc) is 2.28. The lowest BCUT2D eigenvalue weighted by molar-refractivity contribution is 0.303. The van der Waals surface area contributed by atoms with E-state index in [2.05, 4.69) is 33.0 Å². The summed E-state index contributed by atoms with van der Waals surface area (Å²) in [6.07, 6.45) is 1.11. The Kier molecular flexibility index (Phi) is 1.96. The van der Waals surface area contributed by atoms with Gasteiger partial charge in [-0.15, -0.1) is 0 Å². The molecule has 0 spiro atoms. The van der Waals surface area contributed by atoms with Gasteiger partial charge in [-0.2, -0.15) is 5.10 Å². The number of likely N-dealkylation sites (N-methyl/N-ethyl adjacent to an activating group) is 1. The first kappa shape index (κ1) is 8.26. The quantitative estimate of drug-likeness (QED) is 0.667. The molecule has 0 aliphatic carbocycles. The molecule has 3 nitrogen and oxygen atoms in total. The minimum absolute atomic E-state index is 1.02. The fraction of sp³-hybridized carbons (Fsp3) is 0.625. The van der Waals surface area contributed by atoms with E-state index in [1.54, 1.807) is 0 Å². The Morgan fingerprint density at radius 1 is 1.42 bits per heavy atom. The number of fused-ring (bicyclic) bond motifs is 1. The summed E-state index contributed by atoms with van der Waals surface area (Å²) in [5, 5.41) is 4.33. The zero-order chi connectivity index (χ0) is 8.72. The standard InChI is InChI=1S/C8H12BrN3/c1-11-4-3-6-7(5-11)12(2)10-8(6)9/h3-5H2,1-2H3. The third-order valence-electron chi connectivity index (χ3n) is 2.39. The van der Waals surface area contributed by atoms with Crippen molar-refractivity contribution in [3.63, 3.8) is 0 Å². The highest BCUT2D eigenvalue weighted by Gasteiger charge is 2.20. The summed E-state index contributed by atoms with van der Waals surface area (Å²) in [6.45, 7) is 2.15. The first-order chi connectivity index (χ1) is 5.68. The molecule has 0 fully saturated rings. The Hall–Kier alpha value is -0.350. The maximum atomic E-state index is 4.33. The van der Waals surface area contributed by atoms with E-state index in [0.29, 0.717) is 0 Å². The number of aryl methyl sites for hydroxylation is 1. The van der Waals surface area contributed by atoms with Crippen molar-refractivity contribution in [3.8, 4) is 0 Å². The number of rotatable bonds is 0. The fourth-order valence-electron chi connectivity index (χ4n) is 1.65. The van der Waals surface area contributed by atoms with Gasteiger partial charge in [0.1, 0.15) is 4.60 Å². The molecule has 0 amide bonds. The molecule has 1 aliphatic rings. The molecule has 0 bridgehead atoms. The van der Waals surface area contributed by atoms with Gasteiger partial charge in [-0.05, 0) is 29.4 Å². The molecule has 0 atom stereocenters. The normalized spacial score (nSPS) is 17.9. The number of aromatic nitrogens is 2. The fourth-order valence-corrected chi connectivity index (χ4v) is 2.31. The van der Waals surface area contributed by atoms with Gasteiger partial charge in [0.25, 0.3) is 0 Å². The number of hydrogen-bond donors (Lipinski definition) is 0. The molecular weight excluding hydrogens is 218 g/mol. The van der Waals surface area contributed by atoms with Crippen LogP contribution in [0.15, 0.2) is 4.60 Å². The molecule has 0 saturated heterocycles. The van der Waals surface area contributed by atoms with Crippen molar-refractivity contribution >= 4 is 15.9 Å². The zero-order valence-electron chi connectivity index (χ0n) is 7.34. The zero-order valence-corrected chi connectivity index (χ0v) is 8.93. The molecule has 1 aromatic heterocycles. The van der Waals surface area contributed by atoms with E-state index in [1.165, 1.54) is 11.3 Å². The molecule has 2 rings (SSSR count). The summed E-state index contributed by atoms with van der Waals surface area (Å²) < 4.78 is 2.99. The van der Waals surface area contributed by atoms with Gasteiger partial charge in [-0.25, -0.2) is 0 Å². The van der Waals surface area contributed by atoms with Crippen molar-refractivity contribution in [3.05, 3.63) is 15.9 Å². The van der Waals surface area contributed by atoms with E-state index in [1.807, 2.05) is 11.7 Å². The number of halogens is 1. The van der Waals surface area contributed by atoms with Crippen LogP contribution in [0.5, 0.6) is 0 Å². The minimum atomic E-state index is 1.02. The van der Waals surface area contributed by atoms with Crippen LogP contribution in [0.1, 0.15) is 11.3 Å². The van der Waals surface area contributed by atoms with Crippen LogP contribution in [-0.4, -0.2) is 28.3 Å². The lowest BCUT2D eigenvalue weighted by atomic mass is 10.1. The van der Waals surface area contributed by atoms with Crippen LogP contribution in [0.2, 0.25) is 0 Å². The third kappa shape index (κ3) is 1.19. The summed E-state index contributed by atoms with van der Waals surface area (Å²) in [4.78, 5) is 2.32. The summed E-state index contributed by atoms with van der Waals surface area (Å²) in [5.41, 5.74) is 2.73. The first-order valence-corrected chi connectivity index (χ1v) is 4.86. The number of hydrogen-bond acceptors (Lipinski definition) is 2. The molecule has 0 aromatic carbocycles. The summed E-state index contributed by atoms with van der Waals surface area (Å²) in [5.74, 6) is 0. The van der Waals surface area contributed by atoms with Gasteiger partial charge >= 0.3 is 0 Å². The Bertz CT molecular complexity index is 305. The molecule has 12 heavy (non-hydrogen) atoms. The van der Waals surface area contributed by atoms with Gasteiger partial charge in [0.15, 0.2) is 0 Å². The summed E-state index contributed by atoms with van der Waals surface area (Å²) in [7, 11) is 4.15. The molecule has 2 heterocycles. The second-order valence-corrected chi connectivity index (χ2v) is 4.08. The molecule has 0 saturated carbocycles. The molecule has 1 aliphatic heterocycles. The van der Waals surface area contributed by atoms with Crippen molar-refractivity contribution in [2.24, 2.45) is 7.05 Å². The van der Waals surface area contributed by atoms with E-state index < -0.39 is 0 Å². The lowest BCUT2D eigenvalue weighted by Crippen LogP contribution is -2.27. The number of nitrogens with zero attached hydrogens (tertiary/aromatic N) is 3. The van der Waals surface area contributed by atoms with Crippen LogP contribution < -0.4 is 0 Å². The molecule has 1 aromatic rings. The van der Waals surface area contributed by atoms with Crippen LogP contribution in [0, 0.1) is 0 Å². The van der Waals surface area contributed by atoms with Crippen molar-refractivity contribution in [1.29, 1.82) is 0 Å².